The Hall–Kier alpha value is -1.41. The molecule has 2 aliphatic heterocycles. The van der Waals surface area contributed by atoms with E-state index in [4.69, 9.17) is 4.74 Å². The Kier molecular flexibility index (Phi) is 4.82. The van der Waals surface area contributed by atoms with Gasteiger partial charge >= 0.3 is 0 Å². The number of ether oxygens (including phenoxy) is 1. The predicted molar refractivity (Wildman–Crippen MR) is 130 cm³/mol. The second kappa shape index (κ2) is 7.29. The molecule has 2 saturated carbocycles. The van der Waals surface area contributed by atoms with Gasteiger partial charge in [0.15, 0.2) is 0 Å². The van der Waals surface area contributed by atoms with Gasteiger partial charge in [0.2, 0.25) is 0 Å². The summed E-state index contributed by atoms with van der Waals surface area (Å²) in [6.45, 7) is 9.81. The molecule has 3 aliphatic carbocycles. The minimum absolute atomic E-state index is 0.0436. The number of fused-ring (bicyclic) bond motifs is 1. The topological polar surface area (TPSA) is 22.1 Å². The van der Waals surface area contributed by atoms with E-state index in [9.17, 15) is 0 Å². The third-order valence-corrected chi connectivity index (χ3v) is 10.7. The molecule has 2 spiro atoms. The molecular weight excluding hydrogens is 390 g/mol. The van der Waals surface area contributed by atoms with Crippen LogP contribution in [0.25, 0.3) is 0 Å². The molecule has 0 radical (unpaired) electrons. The van der Waals surface area contributed by atoms with Crippen LogP contribution >= 0.6 is 0 Å². The summed E-state index contributed by atoms with van der Waals surface area (Å²) in [6.07, 6.45) is 21.9. The Bertz CT molecular complexity index is 977. The number of hydrogen-bond acceptors (Lipinski definition) is 2. The maximum atomic E-state index is 7.36. The number of aromatic nitrogens is 1. The summed E-state index contributed by atoms with van der Waals surface area (Å²) in [5.74, 6) is 3.06. The monoisotopic (exact) mass is 431 g/mol. The highest BCUT2D eigenvalue weighted by molar-refractivity contribution is 5.46. The first-order valence-corrected chi connectivity index (χ1v) is 13.4. The highest BCUT2D eigenvalue weighted by Gasteiger charge is 2.67. The number of aryl methyl sites for hydroxylation is 2. The van der Waals surface area contributed by atoms with Crippen molar-refractivity contribution in [3.05, 3.63) is 52.9 Å². The van der Waals surface area contributed by atoms with Crippen molar-refractivity contribution in [2.45, 2.75) is 103 Å². The number of pyridine rings is 1. The Morgan fingerprint density at radius 3 is 2.94 bits per heavy atom. The van der Waals surface area contributed by atoms with E-state index in [1.807, 2.05) is 12.4 Å². The van der Waals surface area contributed by atoms with Gasteiger partial charge in [-0.05, 0) is 129 Å². The van der Waals surface area contributed by atoms with Crippen molar-refractivity contribution in [1.29, 1.82) is 0 Å². The fourth-order valence-corrected chi connectivity index (χ4v) is 9.04. The smallest absolute Gasteiger partial charge is 0.0944 e. The highest BCUT2D eigenvalue weighted by atomic mass is 16.5. The van der Waals surface area contributed by atoms with Gasteiger partial charge in [0.25, 0.3) is 0 Å². The van der Waals surface area contributed by atoms with Crippen molar-refractivity contribution >= 4 is 0 Å². The number of nitrogens with zero attached hydrogens (tertiary/aromatic N) is 1. The zero-order valence-corrected chi connectivity index (χ0v) is 20.6. The number of rotatable bonds is 4. The van der Waals surface area contributed by atoms with Crippen LogP contribution in [0.5, 0.6) is 0 Å². The lowest BCUT2D eigenvalue weighted by Crippen LogP contribution is -2.55. The van der Waals surface area contributed by atoms with E-state index in [2.05, 4.69) is 50.9 Å². The van der Waals surface area contributed by atoms with Crippen molar-refractivity contribution in [3.8, 4) is 0 Å². The van der Waals surface area contributed by atoms with Gasteiger partial charge in [-0.2, -0.15) is 0 Å². The molecule has 2 heteroatoms. The molecule has 3 heterocycles. The van der Waals surface area contributed by atoms with Gasteiger partial charge in [0, 0.05) is 12.4 Å². The number of allylic oxidation sites excluding steroid dienone is 1. The quantitative estimate of drug-likeness (QED) is 0.496. The van der Waals surface area contributed by atoms with Crippen LogP contribution in [-0.2, 0) is 11.2 Å². The van der Waals surface area contributed by atoms with Crippen LogP contribution in [0.1, 0.15) is 89.7 Å². The van der Waals surface area contributed by atoms with Gasteiger partial charge in [-0.15, -0.1) is 0 Å². The Morgan fingerprint density at radius 2 is 2.09 bits per heavy atom. The summed E-state index contributed by atoms with van der Waals surface area (Å²) >= 11 is 0. The van der Waals surface area contributed by atoms with Crippen molar-refractivity contribution in [2.75, 3.05) is 0 Å². The van der Waals surface area contributed by atoms with E-state index >= 15 is 0 Å². The average molecular weight is 432 g/mol. The molecular formula is C30H41NO. The Balaban J connectivity index is 1.25. The first-order valence-electron chi connectivity index (χ1n) is 13.4. The second-order valence-electron chi connectivity index (χ2n) is 12.4. The van der Waals surface area contributed by atoms with E-state index in [0.29, 0.717) is 11.3 Å². The van der Waals surface area contributed by atoms with Crippen LogP contribution in [0.15, 0.2) is 41.8 Å². The van der Waals surface area contributed by atoms with Gasteiger partial charge in [0.1, 0.15) is 0 Å². The van der Waals surface area contributed by atoms with Gasteiger partial charge in [-0.1, -0.05) is 32.9 Å². The van der Waals surface area contributed by atoms with E-state index in [0.717, 1.165) is 17.8 Å². The van der Waals surface area contributed by atoms with Gasteiger partial charge < -0.3 is 4.74 Å². The fraction of sp³-hybridized carbons (Fsp3) is 0.700. The minimum atomic E-state index is 0.0436. The molecule has 5 aliphatic rings. The van der Waals surface area contributed by atoms with Gasteiger partial charge in [-0.3, -0.25) is 4.98 Å². The molecule has 3 fully saturated rings. The van der Waals surface area contributed by atoms with Crippen LogP contribution in [0, 0.1) is 36.0 Å². The van der Waals surface area contributed by atoms with E-state index in [1.165, 1.54) is 80.9 Å². The summed E-state index contributed by atoms with van der Waals surface area (Å²) in [7, 11) is 0. The molecule has 1 aromatic heterocycles. The zero-order valence-electron chi connectivity index (χ0n) is 20.6. The summed E-state index contributed by atoms with van der Waals surface area (Å²) < 4.78 is 7.36. The standard InChI is InChI=1S/C30H41NO/c1-20-5-8-24-17-25-11-13-28(4)26(21(2)6-7-23-12-16-31-19-22(23)3)9-10-27(28)30(25)15-14-29(24,18-20)32-30/h8,12,16-17,19-21,26-27H,5-7,9-11,13-15,18H2,1-4H3. The molecule has 0 amide bonds. The molecule has 0 aromatic carbocycles. The molecule has 0 N–H and O–H groups in total. The fourth-order valence-electron chi connectivity index (χ4n) is 9.04. The molecule has 6 rings (SSSR count). The van der Waals surface area contributed by atoms with Crippen LogP contribution in [0.3, 0.4) is 0 Å². The van der Waals surface area contributed by atoms with E-state index < -0.39 is 0 Å². The number of hydrogen-bond donors (Lipinski definition) is 0. The van der Waals surface area contributed by atoms with Crippen LogP contribution in [0.4, 0.5) is 0 Å². The van der Waals surface area contributed by atoms with Crippen molar-refractivity contribution in [3.63, 3.8) is 0 Å². The van der Waals surface area contributed by atoms with E-state index in [-0.39, 0.29) is 11.2 Å². The SMILES string of the molecule is Cc1cnccc1CCC(C)C1CCC2C34CCC5(CC(C)CC=C5C=C3CCC12C)O4. The maximum absolute atomic E-state index is 7.36. The first-order chi connectivity index (χ1) is 15.4. The molecule has 1 saturated heterocycles. The average Bonchev–Trinajstić information content (AvgIpc) is 3.28. The normalized spacial score (nSPS) is 43.1. The first kappa shape index (κ1) is 21.1. The Morgan fingerprint density at radius 1 is 1.22 bits per heavy atom. The Labute approximate surface area is 194 Å². The third-order valence-electron chi connectivity index (χ3n) is 10.7. The summed E-state index contributed by atoms with van der Waals surface area (Å²) in [4.78, 5) is 4.28. The van der Waals surface area contributed by atoms with Crippen LogP contribution in [-0.4, -0.2) is 16.2 Å². The molecule has 7 unspecified atom stereocenters. The lowest BCUT2D eigenvalue weighted by molar-refractivity contribution is -0.148. The van der Waals surface area contributed by atoms with Gasteiger partial charge in [0.05, 0.1) is 11.2 Å². The van der Waals surface area contributed by atoms with Crippen molar-refractivity contribution in [1.82, 2.24) is 4.98 Å². The van der Waals surface area contributed by atoms with Crippen molar-refractivity contribution in [2.24, 2.45) is 29.1 Å². The van der Waals surface area contributed by atoms with E-state index in [1.54, 1.807) is 5.57 Å². The minimum Gasteiger partial charge on any atom is -0.359 e. The lowest BCUT2D eigenvalue weighted by atomic mass is 9.55. The largest absolute Gasteiger partial charge is 0.359 e. The highest BCUT2D eigenvalue weighted by Crippen LogP contribution is 2.69. The lowest BCUT2D eigenvalue weighted by Gasteiger charge is -2.56. The van der Waals surface area contributed by atoms with Gasteiger partial charge in [-0.25, -0.2) is 0 Å². The molecule has 1 aromatic rings. The maximum Gasteiger partial charge on any atom is 0.0944 e. The zero-order chi connectivity index (χ0) is 22.1. The second-order valence-corrected chi connectivity index (χ2v) is 12.4. The predicted octanol–water partition coefficient (Wildman–Crippen LogP) is 7.37. The molecule has 32 heavy (non-hydrogen) atoms. The third kappa shape index (κ3) is 2.90. The van der Waals surface area contributed by atoms with Crippen LogP contribution in [0.2, 0.25) is 0 Å². The molecule has 2 nitrogen and oxygen atoms in total. The summed E-state index contributed by atoms with van der Waals surface area (Å²) in [5.41, 5.74) is 6.56. The molecule has 2 bridgehead atoms. The summed E-state index contributed by atoms with van der Waals surface area (Å²) in [6, 6.07) is 2.22. The molecule has 172 valence electrons. The van der Waals surface area contributed by atoms with Crippen molar-refractivity contribution < 1.29 is 4.74 Å². The van der Waals surface area contributed by atoms with Crippen LogP contribution < -0.4 is 0 Å². The molecule has 7 atom stereocenters. The summed E-state index contributed by atoms with van der Waals surface area (Å²) in [5, 5.41) is 0.